The summed E-state index contributed by atoms with van der Waals surface area (Å²) in [7, 11) is 0. The molecular weight excluding hydrogens is 368 g/mol. The van der Waals surface area contributed by atoms with Crippen LogP contribution in [0.1, 0.15) is 12.5 Å². The molecule has 2 aliphatic heterocycles. The summed E-state index contributed by atoms with van der Waals surface area (Å²) >= 11 is 0. The third kappa shape index (κ3) is 2.79. The van der Waals surface area contributed by atoms with E-state index in [1.807, 2.05) is 12.5 Å². The van der Waals surface area contributed by atoms with Gasteiger partial charge in [0.05, 0.1) is 32.2 Å². The van der Waals surface area contributed by atoms with Crippen molar-refractivity contribution >= 4 is 28.0 Å². The maximum Gasteiger partial charge on any atom is 0.228 e. The van der Waals surface area contributed by atoms with E-state index in [-0.39, 0.29) is 6.04 Å². The van der Waals surface area contributed by atoms with Crippen molar-refractivity contribution in [3.05, 3.63) is 36.8 Å². The van der Waals surface area contributed by atoms with Crippen molar-refractivity contribution in [3.8, 4) is 11.3 Å². The standard InChI is InChI=1S/C21H22N6O2/c1-2-16(15-4-6-22-17(15)3-1)18-19-20(27(13-23-19)14-5-9-29-12-14)25-21(24-18)26-7-10-28-11-8-26/h1-4,6,13-14,22H,5,7-12H2. The van der Waals surface area contributed by atoms with Crippen LogP contribution in [0.5, 0.6) is 0 Å². The number of ether oxygens (including phenoxy) is 2. The minimum atomic E-state index is 0.267. The van der Waals surface area contributed by atoms with Crippen LogP contribution in [0.3, 0.4) is 0 Å². The Morgan fingerprint density at radius 2 is 1.97 bits per heavy atom. The quantitative estimate of drug-likeness (QED) is 0.579. The van der Waals surface area contributed by atoms with Gasteiger partial charge in [-0.05, 0) is 18.6 Å². The van der Waals surface area contributed by atoms with Gasteiger partial charge in [-0.1, -0.05) is 12.1 Å². The average molecular weight is 390 g/mol. The number of morpholine rings is 1. The van der Waals surface area contributed by atoms with Gasteiger partial charge in [0.15, 0.2) is 5.65 Å². The van der Waals surface area contributed by atoms with Gasteiger partial charge < -0.3 is 23.9 Å². The lowest BCUT2D eigenvalue weighted by Gasteiger charge is -2.27. The minimum Gasteiger partial charge on any atom is -0.379 e. The molecule has 8 nitrogen and oxygen atoms in total. The van der Waals surface area contributed by atoms with Crippen LogP contribution in [0.25, 0.3) is 33.3 Å². The Balaban J connectivity index is 1.59. The molecule has 29 heavy (non-hydrogen) atoms. The van der Waals surface area contributed by atoms with E-state index in [1.165, 1.54) is 0 Å². The molecule has 8 heteroatoms. The Hall–Kier alpha value is -2.97. The zero-order valence-corrected chi connectivity index (χ0v) is 16.0. The number of hydrogen-bond donors (Lipinski definition) is 1. The fourth-order valence-corrected chi connectivity index (χ4v) is 4.30. The second kappa shape index (κ2) is 6.82. The Morgan fingerprint density at radius 3 is 2.83 bits per heavy atom. The minimum absolute atomic E-state index is 0.267. The summed E-state index contributed by atoms with van der Waals surface area (Å²) in [5.74, 6) is 0.740. The lowest BCUT2D eigenvalue weighted by Crippen LogP contribution is -2.37. The fraction of sp³-hybridized carbons (Fsp3) is 0.381. The molecule has 0 amide bonds. The fourth-order valence-electron chi connectivity index (χ4n) is 4.30. The highest BCUT2D eigenvalue weighted by Crippen LogP contribution is 2.34. The zero-order chi connectivity index (χ0) is 19.2. The highest BCUT2D eigenvalue weighted by atomic mass is 16.5. The van der Waals surface area contributed by atoms with Gasteiger partial charge in [-0.2, -0.15) is 4.98 Å². The van der Waals surface area contributed by atoms with Gasteiger partial charge in [0, 0.05) is 42.4 Å². The summed E-state index contributed by atoms with van der Waals surface area (Å²) in [6, 6.07) is 8.60. The van der Waals surface area contributed by atoms with Crippen LogP contribution < -0.4 is 4.90 Å². The average Bonchev–Trinajstić information content (AvgIpc) is 3.53. The number of benzene rings is 1. The molecule has 1 aromatic carbocycles. The molecule has 2 saturated heterocycles. The summed E-state index contributed by atoms with van der Waals surface area (Å²) in [4.78, 5) is 20.2. The number of rotatable bonds is 3. The smallest absolute Gasteiger partial charge is 0.228 e. The van der Waals surface area contributed by atoms with Crippen LogP contribution in [0, 0.1) is 0 Å². The van der Waals surface area contributed by atoms with E-state index in [9.17, 15) is 0 Å². The van der Waals surface area contributed by atoms with E-state index < -0.39 is 0 Å². The van der Waals surface area contributed by atoms with Gasteiger partial charge in [0.2, 0.25) is 5.95 Å². The zero-order valence-electron chi connectivity index (χ0n) is 16.0. The summed E-state index contributed by atoms with van der Waals surface area (Å²) in [6.07, 6.45) is 4.83. The molecule has 2 aliphatic rings. The van der Waals surface area contributed by atoms with Crippen molar-refractivity contribution in [2.75, 3.05) is 44.4 Å². The lowest BCUT2D eigenvalue weighted by atomic mass is 10.1. The number of anilines is 1. The molecule has 1 unspecified atom stereocenters. The Morgan fingerprint density at radius 1 is 1.03 bits per heavy atom. The number of hydrogen-bond acceptors (Lipinski definition) is 6. The number of nitrogens with zero attached hydrogens (tertiary/aromatic N) is 5. The van der Waals surface area contributed by atoms with Crippen LogP contribution in [0.2, 0.25) is 0 Å². The van der Waals surface area contributed by atoms with Gasteiger partial charge in [-0.25, -0.2) is 9.97 Å². The first kappa shape index (κ1) is 16.9. The van der Waals surface area contributed by atoms with Crippen molar-refractivity contribution in [1.29, 1.82) is 0 Å². The molecular formula is C21H22N6O2. The number of fused-ring (bicyclic) bond motifs is 2. The van der Waals surface area contributed by atoms with Crippen LogP contribution in [-0.4, -0.2) is 64.0 Å². The van der Waals surface area contributed by atoms with E-state index in [2.05, 4.69) is 38.7 Å². The van der Waals surface area contributed by atoms with Gasteiger partial charge in [-0.3, -0.25) is 0 Å². The molecule has 0 bridgehead atoms. The summed E-state index contributed by atoms with van der Waals surface area (Å²) in [5.41, 5.74) is 4.74. The predicted molar refractivity (Wildman–Crippen MR) is 110 cm³/mol. The number of imidazole rings is 1. The first-order valence-corrected chi connectivity index (χ1v) is 10.1. The molecule has 3 aromatic heterocycles. The van der Waals surface area contributed by atoms with Gasteiger partial charge in [0.25, 0.3) is 0 Å². The lowest BCUT2D eigenvalue weighted by molar-refractivity contribution is 0.122. The molecule has 0 aliphatic carbocycles. The SMILES string of the molecule is c1cc(-c2nc(N3CCOCC3)nc3c2ncn3C2CCOC2)c2cc[nH]c2c1. The maximum absolute atomic E-state index is 5.62. The predicted octanol–water partition coefficient (Wildman–Crippen LogP) is 2.77. The summed E-state index contributed by atoms with van der Waals surface area (Å²) < 4.78 is 13.3. The van der Waals surface area contributed by atoms with Crippen molar-refractivity contribution in [2.24, 2.45) is 0 Å². The van der Waals surface area contributed by atoms with E-state index >= 15 is 0 Å². The van der Waals surface area contributed by atoms with Gasteiger partial charge >= 0.3 is 0 Å². The van der Waals surface area contributed by atoms with Crippen LogP contribution in [0.4, 0.5) is 5.95 Å². The Bertz CT molecular complexity index is 1170. The second-order valence-corrected chi connectivity index (χ2v) is 7.56. The molecule has 148 valence electrons. The molecule has 0 saturated carbocycles. The first-order valence-electron chi connectivity index (χ1n) is 10.1. The normalized spacial score (nSPS) is 20.1. The van der Waals surface area contributed by atoms with Crippen LogP contribution in [-0.2, 0) is 9.47 Å². The van der Waals surface area contributed by atoms with Crippen molar-refractivity contribution in [2.45, 2.75) is 12.5 Å². The molecule has 1 atom stereocenters. The molecule has 6 rings (SSSR count). The van der Waals surface area contributed by atoms with E-state index in [1.54, 1.807) is 0 Å². The molecule has 0 radical (unpaired) electrons. The van der Waals surface area contributed by atoms with Crippen LogP contribution in [0.15, 0.2) is 36.8 Å². The molecule has 0 spiro atoms. The van der Waals surface area contributed by atoms with Crippen LogP contribution >= 0.6 is 0 Å². The topological polar surface area (TPSA) is 81.1 Å². The summed E-state index contributed by atoms with van der Waals surface area (Å²) in [6.45, 7) is 4.45. The number of nitrogens with one attached hydrogen (secondary N) is 1. The van der Waals surface area contributed by atoms with Crippen molar-refractivity contribution in [1.82, 2.24) is 24.5 Å². The first-order chi connectivity index (χ1) is 14.4. The Labute approximate surface area is 167 Å². The Kier molecular flexibility index (Phi) is 3.98. The van der Waals surface area contributed by atoms with E-state index in [0.717, 1.165) is 65.4 Å². The molecule has 5 heterocycles. The molecule has 2 fully saturated rings. The largest absolute Gasteiger partial charge is 0.379 e. The summed E-state index contributed by atoms with van der Waals surface area (Å²) in [5, 5.41) is 1.14. The van der Waals surface area contributed by atoms with Gasteiger partial charge in [0.1, 0.15) is 11.2 Å². The third-order valence-corrected chi connectivity index (χ3v) is 5.85. The molecule has 4 aromatic rings. The second-order valence-electron chi connectivity index (χ2n) is 7.56. The monoisotopic (exact) mass is 390 g/mol. The highest BCUT2D eigenvalue weighted by molar-refractivity contribution is 6.00. The van der Waals surface area contributed by atoms with Crippen molar-refractivity contribution in [3.63, 3.8) is 0 Å². The number of aromatic amines is 1. The third-order valence-electron chi connectivity index (χ3n) is 5.85. The van der Waals surface area contributed by atoms with Crippen molar-refractivity contribution < 1.29 is 9.47 Å². The number of aromatic nitrogens is 5. The van der Waals surface area contributed by atoms with E-state index in [0.29, 0.717) is 19.8 Å². The van der Waals surface area contributed by atoms with E-state index in [4.69, 9.17) is 24.4 Å². The molecule has 1 N–H and O–H groups in total. The van der Waals surface area contributed by atoms with Gasteiger partial charge in [-0.15, -0.1) is 0 Å². The maximum atomic E-state index is 5.62. The highest BCUT2D eigenvalue weighted by Gasteiger charge is 2.25. The number of H-pyrrole nitrogens is 1.